The highest BCUT2D eigenvalue weighted by Crippen LogP contribution is 2.31. The van der Waals surface area contributed by atoms with Crippen LogP contribution < -0.4 is 0 Å². The smallest absolute Gasteiger partial charge is 0.416 e. The van der Waals surface area contributed by atoms with Crippen molar-refractivity contribution in [3.8, 4) is 11.4 Å². The van der Waals surface area contributed by atoms with Crippen molar-refractivity contribution in [2.24, 2.45) is 0 Å². The third-order valence-corrected chi connectivity index (χ3v) is 5.16. The van der Waals surface area contributed by atoms with Crippen LogP contribution in [0.4, 0.5) is 13.2 Å². The van der Waals surface area contributed by atoms with Gasteiger partial charge in [-0.25, -0.2) is 0 Å². The molecule has 1 aromatic carbocycles. The molecule has 0 aliphatic heterocycles. The summed E-state index contributed by atoms with van der Waals surface area (Å²) in [5, 5.41) is 12.6. The summed E-state index contributed by atoms with van der Waals surface area (Å²) in [5.41, 5.74) is 0.158. The first-order valence-electron chi connectivity index (χ1n) is 8.56. The molecular formula is C18H17F3N4O2S. The predicted molar refractivity (Wildman–Crippen MR) is 97.8 cm³/mol. The van der Waals surface area contributed by atoms with Crippen LogP contribution in [-0.4, -0.2) is 37.6 Å². The number of hydrogen-bond acceptors (Lipinski definition) is 6. The zero-order chi connectivity index (χ0) is 20.3. The van der Waals surface area contributed by atoms with Gasteiger partial charge in [0.2, 0.25) is 0 Å². The molecule has 0 unspecified atom stereocenters. The van der Waals surface area contributed by atoms with Crippen LogP contribution in [0.25, 0.3) is 17.0 Å². The first-order valence-corrected chi connectivity index (χ1v) is 9.44. The molecule has 0 radical (unpaired) electrons. The van der Waals surface area contributed by atoms with Crippen LogP contribution >= 0.6 is 11.8 Å². The highest BCUT2D eigenvalue weighted by molar-refractivity contribution is 8.00. The Labute approximate surface area is 163 Å². The van der Waals surface area contributed by atoms with Crippen LogP contribution in [0.2, 0.25) is 0 Å². The summed E-state index contributed by atoms with van der Waals surface area (Å²) in [6.07, 6.45) is -3.84. The van der Waals surface area contributed by atoms with Crippen molar-refractivity contribution in [1.82, 2.24) is 19.8 Å². The molecule has 2 aromatic heterocycles. The quantitative estimate of drug-likeness (QED) is 0.447. The van der Waals surface area contributed by atoms with Crippen molar-refractivity contribution in [2.45, 2.75) is 36.7 Å². The summed E-state index contributed by atoms with van der Waals surface area (Å²) in [6.45, 7) is 3.92. The monoisotopic (exact) mass is 410 g/mol. The van der Waals surface area contributed by atoms with Crippen LogP contribution in [0, 0.1) is 0 Å². The number of fused-ring (bicyclic) bond motifs is 1. The van der Waals surface area contributed by atoms with E-state index in [1.807, 2.05) is 6.92 Å². The van der Waals surface area contributed by atoms with E-state index in [4.69, 9.17) is 4.74 Å². The second-order valence-electron chi connectivity index (χ2n) is 5.81. The molecular weight excluding hydrogens is 393 g/mol. The Balaban J connectivity index is 1.91. The standard InChI is InChI=1S/C18H17F3N4O2S/c1-3-13(17(26)27-4-2)28-15-10-9-14-22-23-16(25(14)24-15)11-5-7-12(8-6-11)18(19,20)21/h5-10,13H,3-4H2,1-2H3/t13-/m1/s1. The van der Waals surface area contributed by atoms with Crippen molar-refractivity contribution >= 4 is 23.4 Å². The fourth-order valence-electron chi connectivity index (χ4n) is 2.50. The van der Waals surface area contributed by atoms with Crippen LogP contribution in [0.1, 0.15) is 25.8 Å². The lowest BCUT2D eigenvalue weighted by Gasteiger charge is -2.12. The van der Waals surface area contributed by atoms with Crippen molar-refractivity contribution in [1.29, 1.82) is 0 Å². The van der Waals surface area contributed by atoms with Crippen molar-refractivity contribution in [2.75, 3.05) is 6.61 Å². The lowest BCUT2D eigenvalue weighted by atomic mass is 10.1. The predicted octanol–water partition coefficient (Wildman–Crippen LogP) is 4.24. The molecule has 3 rings (SSSR count). The van der Waals surface area contributed by atoms with E-state index in [1.54, 1.807) is 19.1 Å². The highest BCUT2D eigenvalue weighted by atomic mass is 32.2. The molecule has 0 N–H and O–H groups in total. The van der Waals surface area contributed by atoms with Gasteiger partial charge in [-0.2, -0.15) is 22.8 Å². The number of benzene rings is 1. The molecule has 3 aromatic rings. The molecule has 28 heavy (non-hydrogen) atoms. The molecule has 148 valence electrons. The number of halogens is 3. The van der Waals surface area contributed by atoms with Gasteiger partial charge in [0, 0.05) is 5.56 Å². The molecule has 0 saturated carbocycles. The van der Waals surface area contributed by atoms with Gasteiger partial charge in [0.15, 0.2) is 11.5 Å². The summed E-state index contributed by atoms with van der Waals surface area (Å²) in [4.78, 5) is 12.0. The fraction of sp³-hybridized carbons (Fsp3) is 0.333. The summed E-state index contributed by atoms with van der Waals surface area (Å²) in [7, 11) is 0. The molecule has 0 spiro atoms. The third-order valence-electron chi connectivity index (χ3n) is 3.89. The van der Waals surface area contributed by atoms with Crippen molar-refractivity contribution < 1.29 is 22.7 Å². The van der Waals surface area contributed by atoms with Gasteiger partial charge in [-0.05, 0) is 37.6 Å². The summed E-state index contributed by atoms with van der Waals surface area (Å²) < 4.78 is 44.8. The summed E-state index contributed by atoms with van der Waals surface area (Å²) >= 11 is 1.25. The van der Waals surface area contributed by atoms with Crippen molar-refractivity contribution in [3.05, 3.63) is 42.0 Å². The van der Waals surface area contributed by atoms with Gasteiger partial charge in [0.25, 0.3) is 0 Å². The van der Waals surface area contributed by atoms with Gasteiger partial charge >= 0.3 is 12.1 Å². The zero-order valence-corrected chi connectivity index (χ0v) is 15.9. The van der Waals surface area contributed by atoms with Gasteiger partial charge in [-0.3, -0.25) is 4.79 Å². The van der Waals surface area contributed by atoms with E-state index in [0.717, 1.165) is 12.1 Å². The van der Waals surface area contributed by atoms with E-state index in [9.17, 15) is 18.0 Å². The Morgan fingerprint density at radius 2 is 1.86 bits per heavy atom. The minimum atomic E-state index is -4.41. The molecule has 0 fully saturated rings. The Morgan fingerprint density at radius 3 is 2.46 bits per heavy atom. The average molecular weight is 410 g/mol. The van der Waals surface area contributed by atoms with E-state index in [1.165, 1.54) is 28.4 Å². The van der Waals surface area contributed by atoms with E-state index in [-0.39, 0.29) is 5.97 Å². The number of alkyl halides is 3. The van der Waals surface area contributed by atoms with Crippen LogP contribution in [0.15, 0.2) is 41.4 Å². The maximum atomic E-state index is 12.8. The molecule has 0 aliphatic rings. The van der Waals surface area contributed by atoms with Crippen LogP contribution in [0.5, 0.6) is 0 Å². The van der Waals surface area contributed by atoms with Crippen molar-refractivity contribution in [3.63, 3.8) is 0 Å². The van der Waals surface area contributed by atoms with E-state index in [2.05, 4.69) is 15.3 Å². The molecule has 6 nitrogen and oxygen atoms in total. The molecule has 1 atom stereocenters. The van der Waals surface area contributed by atoms with Gasteiger partial charge in [0.1, 0.15) is 10.3 Å². The molecule has 0 saturated heterocycles. The molecule has 0 amide bonds. The average Bonchev–Trinajstić information content (AvgIpc) is 3.09. The molecule has 0 aliphatic carbocycles. The number of aromatic nitrogens is 4. The maximum absolute atomic E-state index is 12.8. The number of thioether (sulfide) groups is 1. The van der Waals surface area contributed by atoms with Crippen LogP contribution in [0.3, 0.4) is 0 Å². The Kier molecular flexibility index (Phi) is 5.87. The van der Waals surface area contributed by atoms with Gasteiger partial charge in [0.05, 0.1) is 12.2 Å². The zero-order valence-electron chi connectivity index (χ0n) is 15.1. The Hall–Kier alpha value is -2.62. The summed E-state index contributed by atoms with van der Waals surface area (Å²) in [6, 6.07) is 8.04. The Morgan fingerprint density at radius 1 is 1.14 bits per heavy atom. The van der Waals surface area contributed by atoms with Crippen LogP contribution in [-0.2, 0) is 15.7 Å². The maximum Gasteiger partial charge on any atom is 0.416 e. The minimum Gasteiger partial charge on any atom is -0.465 e. The van der Waals surface area contributed by atoms with Gasteiger partial charge in [-0.1, -0.05) is 30.8 Å². The summed E-state index contributed by atoms with van der Waals surface area (Å²) in [5.74, 6) is -0.000950. The largest absolute Gasteiger partial charge is 0.465 e. The molecule has 2 heterocycles. The number of esters is 1. The minimum absolute atomic E-state index is 0.297. The molecule has 0 bridgehead atoms. The van der Waals surface area contributed by atoms with E-state index in [0.29, 0.717) is 35.1 Å². The topological polar surface area (TPSA) is 69.4 Å². The van der Waals surface area contributed by atoms with Gasteiger partial charge < -0.3 is 4.74 Å². The number of hydrogen-bond donors (Lipinski definition) is 0. The number of ether oxygens (including phenoxy) is 1. The lowest BCUT2D eigenvalue weighted by molar-refractivity contribution is -0.142. The number of carbonyl (C=O) groups is 1. The van der Waals surface area contributed by atoms with Gasteiger partial charge in [-0.15, -0.1) is 10.2 Å². The normalized spacial score (nSPS) is 12.9. The molecule has 10 heteroatoms. The number of rotatable bonds is 6. The second kappa shape index (κ2) is 8.17. The lowest BCUT2D eigenvalue weighted by Crippen LogP contribution is -2.19. The number of carbonyl (C=O) groups excluding carboxylic acids is 1. The fourth-order valence-corrected chi connectivity index (χ4v) is 3.40. The second-order valence-corrected chi connectivity index (χ2v) is 7.03. The first-order chi connectivity index (χ1) is 13.3. The first kappa shape index (κ1) is 20.1. The third kappa shape index (κ3) is 4.27. The van der Waals surface area contributed by atoms with E-state index < -0.39 is 17.0 Å². The number of nitrogens with zero attached hydrogens (tertiary/aromatic N) is 4. The highest BCUT2D eigenvalue weighted by Gasteiger charge is 2.30. The SMILES string of the molecule is CCOC(=O)[C@@H](CC)Sc1ccc2nnc(-c3ccc(C(F)(F)F)cc3)n2n1. The Bertz CT molecular complexity index is 973. The van der Waals surface area contributed by atoms with E-state index >= 15 is 0 Å².